The highest BCUT2D eigenvalue weighted by molar-refractivity contribution is 5.95. The van der Waals surface area contributed by atoms with Crippen LogP contribution in [0, 0.1) is 0 Å². The summed E-state index contributed by atoms with van der Waals surface area (Å²) < 4.78 is 10.5. The zero-order chi connectivity index (χ0) is 16.1. The van der Waals surface area contributed by atoms with Crippen LogP contribution in [0.1, 0.15) is 10.4 Å². The Labute approximate surface area is 135 Å². The molecule has 0 aliphatic carbocycles. The van der Waals surface area contributed by atoms with Gasteiger partial charge in [0.2, 0.25) is 0 Å². The van der Waals surface area contributed by atoms with Crippen LogP contribution < -0.4 is 10.1 Å². The van der Waals surface area contributed by atoms with Crippen LogP contribution in [0.2, 0.25) is 0 Å². The molecular weight excluding hydrogens is 294 g/mol. The van der Waals surface area contributed by atoms with Gasteiger partial charge in [0.05, 0.1) is 37.8 Å². The molecule has 1 N–H and O–H groups in total. The van der Waals surface area contributed by atoms with E-state index in [0.717, 1.165) is 17.1 Å². The van der Waals surface area contributed by atoms with E-state index < -0.39 is 0 Å². The molecule has 0 radical (unpaired) electrons. The minimum atomic E-state index is -0.0184. The topological polar surface area (TPSA) is 63.7 Å². The number of nitrogens with one attached hydrogen (secondary N) is 1. The maximum atomic E-state index is 12.5. The van der Waals surface area contributed by atoms with Crippen molar-refractivity contribution < 1.29 is 14.3 Å². The maximum absolute atomic E-state index is 12.5. The molecule has 120 valence electrons. The third-order valence-corrected chi connectivity index (χ3v) is 3.64. The lowest BCUT2D eigenvalue weighted by Crippen LogP contribution is -2.40. The second-order valence-electron chi connectivity index (χ2n) is 5.22. The normalized spacial score (nSPS) is 14.4. The second kappa shape index (κ2) is 7.11. The van der Waals surface area contributed by atoms with Crippen molar-refractivity contribution in [3.63, 3.8) is 0 Å². The molecule has 1 aliphatic rings. The van der Waals surface area contributed by atoms with Crippen molar-refractivity contribution in [2.45, 2.75) is 0 Å². The van der Waals surface area contributed by atoms with Gasteiger partial charge in [-0.2, -0.15) is 0 Å². The van der Waals surface area contributed by atoms with E-state index in [1.807, 2.05) is 30.3 Å². The van der Waals surface area contributed by atoms with Crippen LogP contribution in [-0.4, -0.2) is 49.2 Å². The van der Waals surface area contributed by atoms with Crippen molar-refractivity contribution in [2.75, 3.05) is 38.7 Å². The van der Waals surface area contributed by atoms with Gasteiger partial charge in [0.1, 0.15) is 5.75 Å². The van der Waals surface area contributed by atoms with Crippen molar-refractivity contribution in [3.8, 4) is 5.75 Å². The average Bonchev–Trinajstić information content (AvgIpc) is 2.62. The molecule has 0 atom stereocenters. The summed E-state index contributed by atoms with van der Waals surface area (Å²) in [6.07, 6.45) is 3.28. The molecule has 6 heteroatoms. The van der Waals surface area contributed by atoms with Crippen LogP contribution in [0.3, 0.4) is 0 Å². The fraction of sp³-hybridized carbons (Fsp3) is 0.294. The first kappa shape index (κ1) is 15.3. The van der Waals surface area contributed by atoms with Gasteiger partial charge >= 0.3 is 0 Å². The highest BCUT2D eigenvalue weighted by Crippen LogP contribution is 2.21. The molecular formula is C17H19N3O3. The van der Waals surface area contributed by atoms with Crippen LogP contribution in [0.15, 0.2) is 42.7 Å². The van der Waals surface area contributed by atoms with Gasteiger partial charge in [-0.15, -0.1) is 0 Å². The number of nitrogens with zero attached hydrogens (tertiary/aromatic N) is 2. The van der Waals surface area contributed by atoms with Crippen molar-refractivity contribution in [2.24, 2.45) is 0 Å². The standard InChI is InChI=1S/C17H19N3O3/c1-22-16-4-2-3-14(10-16)19-15-9-13(11-18-12-15)17(21)20-5-7-23-8-6-20/h2-4,9-12,19H,5-8H2,1H3. The summed E-state index contributed by atoms with van der Waals surface area (Å²) in [6.45, 7) is 2.40. The zero-order valence-corrected chi connectivity index (χ0v) is 13.0. The third kappa shape index (κ3) is 3.78. The Balaban J connectivity index is 1.75. The Morgan fingerprint density at radius 1 is 1.22 bits per heavy atom. The number of ether oxygens (including phenoxy) is 2. The SMILES string of the molecule is COc1cccc(Nc2cncc(C(=O)N3CCOCC3)c2)c1. The maximum Gasteiger partial charge on any atom is 0.255 e. The highest BCUT2D eigenvalue weighted by Gasteiger charge is 2.19. The van der Waals surface area contributed by atoms with E-state index in [1.165, 1.54) is 0 Å². The van der Waals surface area contributed by atoms with Crippen molar-refractivity contribution in [3.05, 3.63) is 48.3 Å². The lowest BCUT2D eigenvalue weighted by atomic mass is 10.2. The van der Waals surface area contributed by atoms with Gasteiger partial charge in [-0.3, -0.25) is 9.78 Å². The predicted octanol–water partition coefficient (Wildman–Crippen LogP) is 2.31. The molecule has 1 saturated heterocycles. The molecule has 1 aromatic carbocycles. The molecule has 2 aromatic rings. The van der Waals surface area contributed by atoms with Crippen LogP contribution >= 0.6 is 0 Å². The number of rotatable bonds is 4. The molecule has 2 heterocycles. The number of morpholine rings is 1. The van der Waals surface area contributed by atoms with E-state index >= 15 is 0 Å². The minimum Gasteiger partial charge on any atom is -0.497 e. The highest BCUT2D eigenvalue weighted by atomic mass is 16.5. The van der Waals surface area contributed by atoms with Crippen LogP contribution in [0.5, 0.6) is 5.75 Å². The summed E-state index contributed by atoms with van der Waals surface area (Å²) in [5.41, 5.74) is 2.21. The van der Waals surface area contributed by atoms with E-state index in [4.69, 9.17) is 9.47 Å². The summed E-state index contributed by atoms with van der Waals surface area (Å²) in [5.74, 6) is 0.749. The van der Waals surface area contributed by atoms with Crippen LogP contribution in [0.25, 0.3) is 0 Å². The quantitative estimate of drug-likeness (QED) is 0.938. The average molecular weight is 313 g/mol. The fourth-order valence-corrected chi connectivity index (χ4v) is 2.44. The zero-order valence-electron chi connectivity index (χ0n) is 13.0. The number of hydrogen-bond acceptors (Lipinski definition) is 5. The second-order valence-corrected chi connectivity index (χ2v) is 5.22. The molecule has 6 nitrogen and oxygen atoms in total. The largest absolute Gasteiger partial charge is 0.497 e. The number of benzene rings is 1. The van der Waals surface area contributed by atoms with Gasteiger partial charge in [-0.1, -0.05) is 6.07 Å². The van der Waals surface area contributed by atoms with Gasteiger partial charge in [0.25, 0.3) is 5.91 Å². The first-order valence-electron chi connectivity index (χ1n) is 7.49. The van der Waals surface area contributed by atoms with Crippen molar-refractivity contribution >= 4 is 17.3 Å². The first-order chi connectivity index (χ1) is 11.3. The molecule has 1 aromatic heterocycles. The van der Waals surface area contributed by atoms with Crippen LogP contribution in [-0.2, 0) is 4.74 Å². The van der Waals surface area contributed by atoms with E-state index in [2.05, 4.69) is 10.3 Å². The number of carbonyl (C=O) groups is 1. The summed E-state index contributed by atoms with van der Waals surface area (Å²) >= 11 is 0. The Kier molecular flexibility index (Phi) is 4.73. The van der Waals surface area contributed by atoms with Crippen molar-refractivity contribution in [1.82, 2.24) is 9.88 Å². The van der Waals surface area contributed by atoms with Gasteiger partial charge in [-0.25, -0.2) is 0 Å². The fourth-order valence-electron chi connectivity index (χ4n) is 2.44. The van der Waals surface area contributed by atoms with Gasteiger partial charge in [0, 0.05) is 31.0 Å². The van der Waals surface area contributed by atoms with E-state index in [0.29, 0.717) is 31.9 Å². The van der Waals surface area contributed by atoms with Crippen molar-refractivity contribution in [1.29, 1.82) is 0 Å². The van der Waals surface area contributed by atoms with E-state index in [1.54, 1.807) is 24.4 Å². The molecule has 1 amide bonds. The molecule has 3 rings (SSSR count). The van der Waals surface area contributed by atoms with Crippen LogP contribution in [0.4, 0.5) is 11.4 Å². The number of carbonyl (C=O) groups excluding carboxylic acids is 1. The molecule has 1 fully saturated rings. The lowest BCUT2D eigenvalue weighted by molar-refractivity contribution is 0.0302. The molecule has 0 saturated carbocycles. The summed E-state index contributed by atoms with van der Waals surface area (Å²) in [6, 6.07) is 9.40. The first-order valence-corrected chi connectivity index (χ1v) is 7.49. The number of anilines is 2. The predicted molar refractivity (Wildman–Crippen MR) is 87.2 cm³/mol. The molecule has 0 spiro atoms. The van der Waals surface area contributed by atoms with Gasteiger partial charge < -0.3 is 19.7 Å². The molecule has 0 unspecified atom stereocenters. The number of pyridine rings is 1. The number of methoxy groups -OCH3 is 1. The lowest BCUT2D eigenvalue weighted by Gasteiger charge is -2.26. The molecule has 1 aliphatic heterocycles. The third-order valence-electron chi connectivity index (χ3n) is 3.64. The smallest absolute Gasteiger partial charge is 0.255 e. The number of amides is 1. The summed E-state index contributed by atoms with van der Waals surface area (Å²) in [7, 11) is 1.63. The van der Waals surface area contributed by atoms with Gasteiger partial charge in [0.15, 0.2) is 0 Å². The molecule has 0 bridgehead atoms. The monoisotopic (exact) mass is 313 g/mol. The van der Waals surface area contributed by atoms with E-state index in [9.17, 15) is 4.79 Å². The summed E-state index contributed by atoms with van der Waals surface area (Å²) in [4.78, 5) is 18.4. The van der Waals surface area contributed by atoms with Gasteiger partial charge in [-0.05, 0) is 18.2 Å². The number of hydrogen-bond donors (Lipinski definition) is 1. The molecule has 23 heavy (non-hydrogen) atoms. The number of aromatic nitrogens is 1. The Morgan fingerprint density at radius 2 is 2.04 bits per heavy atom. The Morgan fingerprint density at radius 3 is 2.83 bits per heavy atom. The summed E-state index contributed by atoms with van der Waals surface area (Å²) in [5, 5.41) is 3.24. The Bertz CT molecular complexity index is 684. The minimum absolute atomic E-state index is 0.0184. The van der Waals surface area contributed by atoms with E-state index in [-0.39, 0.29) is 5.91 Å². The Hall–Kier alpha value is -2.60.